The molecular formula is C18H27N3O4S. The van der Waals surface area contributed by atoms with Crippen molar-refractivity contribution in [2.45, 2.75) is 57.4 Å². The van der Waals surface area contributed by atoms with E-state index in [0.717, 1.165) is 11.3 Å². The van der Waals surface area contributed by atoms with Gasteiger partial charge in [0.2, 0.25) is 0 Å². The Hall–Kier alpha value is -1.35. The first-order valence-corrected chi connectivity index (χ1v) is 10.1. The summed E-state index contributed by atoms with van der Waals surface area (Å²) < 4.78 is 15.7. The van der Waals surface area contributed by atoms with Gasteiger partial charge >= 0.3 is 6.09 Å². The van der Waals surface area contributed by atoms with Gasteiger partial charge in [-0.05, 0) is 51.7 Å². The van der Waals surface area contributed by atoms with Gasteiger partial charge in [0.15, 0.2) is 0 Å². The molecular weight excluding hydrogens is 354 g/mol. The van der Waals surface area contributed by atoms with E-state index >= 15 is 0 Å². The summed E-state index contributed by atoms with van der Waals surface area (Å²) in [5, 5.41) is 18.6. The lowest BCUT2D eigenvalue weighted by molar-refractivity contribution is 0.0762. The molecule has 2 aliphatic rings. The molecule has 144 valence electrons. The van der Waals surface area contributed by atoms with Gasteiger partial charge in [-0.2, -0.15) is 0 Å². The van der Waals surface area contributed by atoms with E-state index in [1.165, 1.54) is 4.90 Å². The first-order chi connectivity index (χ1) is 12.2. The monoisotopic (exact) mass is 381 g/mol. The van der Waals surface area contributed by atoms with Crippen LogP contribution in [-0.4, -0.2) is 48.6 Å². The molecule has 1 amide bonds. The highest BCUT2D eigenvalue weighted by molar-refractivity contribution is 7.90. The molecule has 1 aromatic heterocycles. The van der Waals surface area contributed by atoms with Crippen LogP contribution < -0.4 is 4.72 Å². The van der Waals surface area contributed by atoms with Gasteiger partial charge in [-0.25, -0.2) is 4.79 Å². The van der Waals surface area contributed by atoms with E-state index in [4.69, 9.17) is 0 Å². The Kier molecular flexibility index (Phi) is 5.22. The number of aliphatic hydroxyl groups excluding tert-OH is 1. The van der Waals surface area contributed by atoms with E-state index < -0.39 is 22.2 Å². The largest absolute Gasteiger partial charge is 0.598 e. The van der Waals surface area contributed by atoms with Gasteiger partial charge in [0.25, 0.3) is 0 Å². The summed E-state index contributed by atoms with van der Waals surface area (Å²) in [5.41, 5.74) is 2.36. The Bertz CT molecular complexity index is 684. The number of nitrogens with zero attached hydrogens (tertiary/aromatic N) is 2. The van der Waals surface area contributed by atoms with Crippen molar-refractivity contribution in [2.75, 3.05) is 13.1 Å². The van der Waals surface area contributed by atoms with E-state index in [0.29, 0.717) is 38.0 Å². The van der Waals surface area contributed by atoms with Gasteiger partial charge < -0.3 is 19.7 Å². The van der Waals surface area contributed by atoms with Crippen molar-refractivity contribution < 1.29 is 19.6 Å². The zero-order valence-corrected chi connectivity index (χ0v) is 16.3. The second kappa shape index (κ2) is 6.99. The number of carboxylic acid groups (broad SMARTS) is 1. The molecule has 2 atom stereocenters. The van der Waals surface area contributed by atoms with Gasteiger partial charge in [-0.1, -0.05) is 6.07 Å². The predicted octanol–water partition coefficient (Wildman–Crippen LogP) is 1.98. The Morgan fingerprint density at radius 3 is 2.62 bits per heavy atom. The average molecular weight is 381 g/mol. The van der Waals surface area contributed by atoms with Crippen molar-refractivity contribution in [3.8, 4) is 0 Å². The van der Waals surface area contributed by atoms with Crippen LogP contribution in [0.25, 0.3) is 0 Å². The molecule has 0 aromatic carbocycles. The maximum atomic E-state index is 12.8. The van der Waals surface area contributed by atoms with Gasteiger partial charge in [0.05, 0.1) is 18.3 Å². The summed E-state index contributed by atoms with van der Waals surface area (Å²) in [6, 6.07) is 3.64. The summed E-state index contributed by atoms with van der Waals surface area (Å²) in [5.74, 6) is 0. The molecule has 2 heterocycles. The maximum Gasteiger partial charge on any atom is 0.407 e. The lowest BCUT2D eigenvalue weighted by atomic mass is 9.73. The van der Waals surface area contributed by atoms with Crippen molar-refractivity contribution in [1.82, 2.24) is 14.6 Å². The second-order valence-electron chi connectivity index (χ2n) is 8.24. The fourth-order valence-corrected chi connectivity index (χ4v) is 4.84. The minimum Gasteiger partial charge on any atom is -0.598 e. The standard InChI is InChI=1S/C18H27N3O4S/c1-17(2,3)26(25)20-15-13-5-4-12(11-22)19-14(13)10-18(15)6-8-21(9-7-18)16(23)24/h4-5,15,20,22H,6-11H2,1-3H3,(H,23,24)/t15-,26-/m1/s1. The summed E-state index contributed by atoms with van der Waals surface area (Å²) in [4.78, 5) is 17.3. The lowest BCUT2D eigenvalue weighted by Crippen LogP contribution is -2.50. The number of likely N-dealkylation sites (tertiary alicyclic amines) is 1. The first kappa shape index (κ1) is 19.4. The highest BCUT2D eigenvalue weighted by atomic mass is 32.2. The number of fused-ring (bicyclic) bond motifs is 1. The van der Waals surface area contributed by atoms with E-state index in [1.807, 2.05) is 26.8 Å². The number of aliphatic hydroxyl groups is 1. The molecule has 7 nitrogen and oxygen atoms in total. The first-order valence-electron chi connectivity index (χ1n) is 8.92. The zero-order chi connectivity index (χ0) is 19.1. The number of carbonyl (C=O) groups is 1. The molecule has 8 heteroatoms. The molecule has 1 fully saturated rings. The van der Waals surface area contributed by atoms with E-state index in [1.54, 1.807) is 6.07 Å². The molecule has 1 saturated heterocycles. The van der Waals surface area contributed by atoms with Crippen LogP contribution in [0, 0.1) is 5.41 Å². The summed E-state index contributed by atoms with van der Waals surface area (Å²) >= 11 is -1.24. The van der Waals surface area contributed by atoms with Crippen LogP contribution in [0.3, 0.4) is 0 Å². The fraction of sp³-hybridized carbons (Fsp3) is 0.667. The number of hydrogen-bond donors (Lipinski definition) is 3. The molecule has 1 spiro atoms. The molecule has 1 aliphatic heterocycles. The minimum absolute atomic E-state index is 0.112. The van der Waals surface area contributed by atoms with Crippen molar-refractivity contribution in [2.24, 2.45) is 5.41 Å². The SMILES string of the molecule is CC(C)(C)[S@@+]([O-])N[C@@H]1c2ccc(CO)nc2CC12CCN(C(=O)O)CC2. The molecule has 0 unspecified atom stereocenters. The molecule has 3 rings (SSSR count). The Labute approximate surface area is 157 Å². The maximum absolute atomic E-state index is 12.8. The third-order valence-electron chi connectivity index (χ3n) is 5.48. The highest BCUT2D eigenvalue weighted by Gasteiger charge is 2.51. The molecule has 1 aromatic rings. The van der Waals surface area contributed by atoms with Crippen molar-refractivity contribution >= 4 is 17.5 Å². The normalized spacial score (nSPS) is 23.1. The minimum atomic E-state index is -1.24. The van der Waals surface area contributed by atoms with E-state index in [2.05, 4.69) is 9.71 Å². The summed E-state index contributed by atoms with van der Waals surface area (Å²) in [7, 11) is 0. The summed E-state index contributed by atoms with van der Waals surface area (Å²) in [6.45, 7) is 6.61. The number of rotatable bonds is 3. The van der Waals surface area contributed by atoms with Crippen LogP contribution >= 0.6 is 0 Å². The van der Waals surface area contributed by atoms with Crippen LogP contribution in [-0.2, 0) is 24.4 Å². The summed E-state index contributed by atoms with van der Waals surface area (Å²) in [6.07, 6.45) is 1.22. The molecule has 0 saturated carbocycles. The van der Waals surface area contributed by atoms with Crippen LogP contribution in [0.15, 0.2) is 12.1 Å². The fourth-order valence-electron chi connectivity index (χ4n) is 3.90. The second-order valence-corrected chi connectivity index (χ2v) is 10.2. The highest BCUT2D eigenvalue weighted by Crippen LogP contribution is 2.52. The Morgan fingerprint density at radius 2 is 2.08 bits per heavy atom. The quantitative estimate of drug-likeness (QED) is 0.691. The number of pyridine rings is 1. The van der Waals surface area contributed by atoms with Crippen molar-refractivity contribution in [1.29, 1.82) is 0 Å². The van der Waals surface area contributed by atoms with Gasteiger partial charge in [0, 0.05) is 35.6 Å². The molecule has 26 heavy (non-hydrogen) atoms. The number of amides is 1. The van der Waals surface area contributed by atoms with E-state index in [9.17, 15) is 19.6 Å². The lowest BCUT2D eigenvalue weighted by Gasteiger charge is -2.42. The topological polar surface area (TPSA) is 109 Å². The third-order valence-corrected chi connectivity index (χ3v) is 7.04. The van der Waals surface area contributed by atoms with Crippen LogP contribution in [0.2, 0.25) is 0 Å². The Morgan fingerprint density at radius 1 is 1.42 bits per heavy atom. The Balaban J connectivity index is 1.91. The van der Waals surface area contributed by atoms with Gasteiger partial charge in [0.1, 0.15) is 4.75 Å². The zero-order valence-electron chi connectivity index (χ0n) is 15.5. The van der Waals surface area contributed by atoms with Crippen LogP contribution in [0.1, 0.15) is 56.6 Å². The van der Waals surface area contributed by atoms with Crippen LogP contribution in [0.5, 0.6) is 0 Å². The third kappa shape index (κ3) is 3.55. The molecule has 0 radical (unpaired) electrons. The van der Waals surface area contributed by atoms with Gasteiger partial charge in [-0.3, -0.25) is 4.98 Å². The molecule has 0 bridgehead atoms. The average Bonchev–Trinajstić information content (AvgIpc) is 2.86. The van der Waals surface area contributed by atoms with Crippen molar-refractivity contribution in [3.05, 3.63) is 29.1 Å². The number of hydrogen-bond acceptors (Lipinski definition) is 5. The number of aromatic nitrogens is 1. The van der Waals surface area contributed by atoms with E-state index in [-0.39, 0.29) is 18.1 Å². The van der Waals surface area contributed by atoms with Crippen molar-refractivity contribution in [3.63, 3.8) is 0 Å². The smallest absolute Gasteiger partial charge is 0.407 e. The molecule has 1 aliphatic carbocycles. The van der Waals surface area contributed by atoms with Gasteiger partial charge in [-0.15, -0.1) is 4.72 Å². The molecule has 3 N–H and O–H groups in total. The van der Waals surface area contributed by atoms with Crippen LogP contribution in [0.4, 0.5) is 4.79 Å². The number of nitrogens with one attached hydrogen (secondary N) is 1. The predicted molar refractivity (Wildman–Crippen MR) is 98.9 cm³/mol. The number of piperidine rings is 1.